The molecule has 1 amide bonds. The van der Waals surface area contributed by atoms with Crippen LogP contribution < -0.4 is 5.32 Å². The van der Waals surface area contributed by atoms with Gasteiger partial charge in [-0.15, -0.1) is 22.7 Å². The summed E-state index contributed by atoms with van der Waals surface area (Å²) in [7, 11) is 0. The lowest BCUT2D eigenvalue weighted by Crippen LogP contribution is -2.40. The van der Waals surface area contributed by atoms with E-state index in [1.807, 2.05) is 24.3 Å². The number of benzene rings is 1. The maximum absolute atomic E-state index is 12.9. The number of unbranched alkanes of at least 4 members (excludes halogenated alkanes) is 2. The molecule has 130 valence electrons. The van der Waals surface area contributed by atoms with Crippen molar-refractivity contribution in [2.24, 2.45) is 0 Å². The van der Waals surface area contributed by atoms with E-state index < -0.39 is 6.04 Å². The van der Waals surface area contributed by atoms with Gasteiger partial charge in [0.25, 0.3) is 5.91 Å². The van der Waals surface area contributed by atoms with E-state index in [1.165, 1.54) is 22.7 Å². The molecule has 0 radical (unpaired) electrons. The van der Waals surface area contributed by atoms with Gasteiger partial charge in [-0.05, 0) is 18.6 Å². The lowest BCUT2D eigenvalue weighted by molar-refractivity contribution is 0.0851. The van der Waals surface area contributed by atoms with Crippen LogP contribution in [0.1, 0.15) is 52.2 Å². The minimum absolute atomic E-state index is 0.123. The Hall–Kier alpha value is -2.12. The van der Waals surface area contributed by atoms with Gasteiger partial charge in [0.15, 0.2) is 10.0 Å². The second-order valence-corrected chi connectivity index (χ2v) is 7.64. The summed E-state index contributed by atoms with van der Waals surface area (Å²) in [6.07, 6.45) is 5.16. The molecule has 0 fully saturated rings. The number of rotatable bonds is 8. The van der Waals surface area contributed by atoms with Crippen LogP contribution in [0.2, 0.25) is 0 Å². The SMILES string of the molecule is CCCCC[C@H](NC(=O)c1nccs1)C(=O)c1nc2ccccc2s1. The molecule has 0 aliphatic rings. The molecule has 0 saturated carbocycles. The van der Waals surface area contributed by atoms with E-state index in [-0.39, 0.29) is 11.7 Å². The van der Waals surface area contributed by atoms with Crippen molar-refractivity contribution in [2.75, 3.05) is 0 Å². The first-order chi connectivity index (χ1) is 12.2. The highest BCUT2D eigenvalue weighted by molar-refractivity contribution is 7.20. The Morgan fingerprint density at radius 2 is 2.04 bits per heavy atom. The number of nitrogens with one attached hydrogen (secondary N) is 1. The molecule has 3 rings (SSSR count). The number of carbonyl (C=O) groups is 2. The maximum atomic E-state index is 12.9. The minimum Gasteiger partial charge on any atom is -0.340 e. The number of thiazole rings is 2. The minimum atomic E-state index is -0.566. The summed E-state index contributed by atoms with van der Waals surface area (Å²) in [5.74, 6) is -0.423. The number of Topliss-reactive ketones (excluding diaryl/α,β-unsaturated/α-hetero) is 1. The summed E-state index contributed by atoms with van der Waals surface area (Å²) < 4.78 is 0.976. The monoisotopic (exact) mass is 373 g/mol. The number of amides is 1. The van der Waals surface area contributed by atoms with Crippen molar-refractivity contribution in [2.45, 2.75) is 38.6 Å². The molecule has 7 heteroatoms. The van der Waals surface area contributed by atoms with Crippen molar-refractivity contribution in [1.29, 1.82) is 0 Å². The molecule has 0 aliphatic carbocycles. The highest BCUT2D eigenvalue weighted by Gasteiger charge is 2.25. The van der Waals surface area contributed by atoms with Crippen molar-refractivity contribution in [3.05, 3.63) is 45.9 Å². The number of fused-ring (bicyclic) bond motifs is 1. The lowest BCUT2D eigenvalue weighted by atomic mass is 10.0. The van der Waals surface area contributed by atoms with E-state index in [1.54, 1.807) is 11.6 Å². The van der Waals surface area contributed by atoms with E-state index in [9.17, 15) is 9.59 Å². The molecule has 0 aliphatic heterocycles. The highest BCUT2D eigenvalue weighted by atomic mass is 32.1. The molecule has 2 aromatic heterocycles. The first-order valence-electron chi connectivity index (χ1n) is 8.29. The number of para-hydroxylation sites is 1. The molecule has 2 heterocycles. The van der Waals surface area contributed by atoms with Crippen LogP contribution >= 0.6 is 22.7 Å². The summed E-state index contributed by atoms with van der Waals surface area (Å²) in [6, 6.07) is 7.10. The number of hydrogen-bond acceptors (Lipinski definition) is 6. The van der Waals surface area contributed by atoms with Crippen LogP contribution in [-0.2, 0) is 0 Å². The van der Waals surface area contributed by atoms with Gasteiger partial charge in [-0.1, -0.05) is 38.3 Å². The quantitative estimate of drug-likeness (QED) is 0.472. The molecule has 25 heavy (non-hydrogen) atoms. The standard InChI is InChI=1S/C18H19N3O2S2/c1-2-3-4-8-13(20-16(23)18-19-10-11-24-18)15(22)17-21-12-7-5-6-9-14(12)25-17/h5-7,9-11,13H,2-4,8H2,1H3,(H,20,23)/t13-/m0/s1. The molecule has 1 atom stereocenters. The molecular weight excluding hydrogens is 354 g/mol. The Kier molecular flexibility index (Phi) is 5.88. The molecule has 5 nitrogen and oxygen atoms in total. The topological polar surface area (TPSA) is 72.0 Å². The predicted octanol–water partition coefficient (Wildman–Crippen LogP) is 4.31. The largest absolute Gasteiger partial charge is 0.340 e. The van der Waals surface area contributed by atoms with E-state index >= 15 is 0 Å². The van der Waals surface area contributed by atoms with Crippen LogP contribution in [0.25, 0.3) is 10.2 Å². The number of nitrogens with zero attached hydrogens (tertiary/aromatic N) is 2. The van der Waals surface area contributed by atoms with Crippen molar-refractivity contribution >= 4 is 44.6 Å². The van der Waals surface area contributed by atoms with Crippen molar-refractivity contribution < 1.29 is 9.59 Å². The molecule has 1 aromatic carbocycles. The first-order valence-corrected chi connectivity index (χ1v) is 9.98. The van der Waals surface area contributed by atoms with Crippen LogP contribution in [0.4, 0.5) is 0 Å². The predicted molar refractivity (Wildman–Crippen MR) is 101 cm³/mol. The number of carbonyl (C=O) groups excluding carboxylic acids is 2. The van der Waals surface area contributed by atoms with Gasteiger partial charge >= 0.3 is 0 Å². The third-order valence-corrected chi connectivity index (χ3v) is 5.67. The average molecular weight is 374 g/mol. The third kappa shape index (κ3) is 4.29. The lowest BCUT2D eigenvalue weighted by Gasteiger charge is -2.15. The van der Waals surface area contributed by atoms with Crippen LogP contribution in [0, 0.1) is 0 Å². The Bertz CT molecular complexity index is 825. The number of aromatic nitrogens is 2. The van der Waals surface area contributed by atoms with Crippen molar-refractivity contribution in [3.8, 4) is 0 Å². The molecule has 0 unspecified atom stereocenters. The zero-order chi connectivity index (χ0) is 17.6. The summed E-state index contributed by atoms with van der Waals surface area (Å²) >= 11 is 2.64. The Morgan fingerprint density at radius 1 is 1.20 bits per heavy atom. The summed E-state index contributed by atoms with van der Waals surface area (Å²) in [4.78, 5) is 33.7. The average Bonchev–Trinajstić information content (AvgIpc) is 3.29. The van der Waals surface area contributed by atoms with Gasteiger partial charge in [0, 0.05) is 11.6 Å². The van der Waals surface area contributed by atoms with Crippen molar-refractivity contribution in [3.63, 3.8) is 0 Å². The van der Waals surface area contributed by atoms with Crippen LogP contribution in [0.3, 0.4) is 0 Å². The van der Waals surface area contributed by atoms with E-state index in [4.69, 9.17) is 0 Å². The zero-order valence-electron chi connectivity index (χ0n) is 13.9. The van der Waals surface area contributed by atoms with Crippen molar-refractivity contribution in [1.82, 2.24) is 15.3 Å². The van der Waals surface area contributed by atoms with E-state index in [2.05, 4.69) is 22.2 Å². The molecule has 1 N–H and O–H groups in total. The fourth-order valence-electron chi connectivity index (χ4n) is 2.55. The van der Waals surface area contributed by atoms with Gasteiger partial charge in [0.2, 0.25) is 5.78 Å². The van der Waals surface area contributed by atoms with Gasteiger partial charge in [0.1, 0.15) is 0 Å². The molecule has 0 spiro atoms. The second kappa shape index (κ2) is 8.31. The van der Waals surface area contributed by atoms with Gasteiger partial charge in [-0.2, -0.15) is 0 Å². The summed E-state index contributed by atoms with van der Waals surface area (Å²) in [5, 5.41) is 5.41. The molecular formula is C18H19N3O2S2. The van der Waals surface area contributed by atoms with Crippen LogP contribution in [0.5, 0.6) is 0 Å². The Balaban J connectivity index is 1.79. The Labute approximate surface area is 154 Å². The summed E-state index contributed by atoms with van der Waals surface area (Å²) in [5.41, 5.74) is 0.814. The number of ketones is 1. The van der Waals surface area contributed by atoms with Crippen LogP contribution in [0.15, 0.2) is 35.8 Å². The molecule has 0 saturated heterocycles. The van der Waals surface area contributed by atoms with E-state index in [0.717, 1.165) is 29.5 Å². The van der Waals surface area contributed by atoms with Gasteiger partial charge < -0.3 is 5.32 Å². The second-order valence-electron chi connectivity index (χ2n) is 5.71. The first kappa shape index (κ1) is 17.7. The maximum Gasteiger partial charge on any atom is 0.280 e. The normalized spacial score (nSPS) is 12.2. The fourth-order valence-corrected chi connectivity index (χ4v) is 4.05. The van der Waals surface area contributed by atoms with E-state index in [0.29, 0.717) is 16.4 Å². The Morgan fingerprint density at radius 3 is 2.76 bits per heavy atom. The molecule has 0 bridgehead atoms. The number of hydrogen-bond donors (Lipinski definition) is 1. The van der Waals surface area contributed by atoms with Crippen LogP contribution in [-0.4, -0.2) is 27.7 Å². The van der Waals surface area contributed by atoms with Gasteiger partial charge in [0.05, 0.1) is 16.3 Å². The van der Waals surface area contributed by atoms with Gasteiger partial charge in [-0.3, -0.25) is 9.59 Å². The molecule has 3 aromatic rings. The highest BCUT2D eigenvalue weighted by Crippen LogP contribution is 2.23. The zero-order valence-corrected chi connectivity index (χ0v) is 15.5. The smallest absolute Gasteiger partial charge is 0.280 e. The fraction of sp³-hybridized carbons (Fsp3) is 0.333. The summed E-state index contributed by atoms with van der Waals surface area (Å²) in [6.45, 7) is 2.11. The third-order valence-electron chi connectivity index (χ3n) is 3.85. The van der Waals surface area contributed by atoms with Gasteiger partial charge in [-0.25, -0.2) is 9.97 Å².